The second-order valence-corrected chi connectivity index (χ2v) is 8.84. The molecule has 4 rings (SSSR count). The Balaban J connectivity index is 1.91. The van der Waals surface area contributed by atoms with Gasteiger partial charge in [-0.3, -0.25) is 4.79 Å². The third-order valence-corrected chi connectivity index (χ3v) is 5.84. The van der Waals surface area contributed by atoms with E-state index < -0.39 is 0 Å². The second kappa shape index (κ2) is 6.43. The van der Waals surface area contributed by atoms with E-state index >= 15 is 0 Å². The number of ketones is 1. The lowest BCUT2D eigenvalue weighted by Crippen LogP contribution is -2.33. The van der Waals surface area contributed by atoms with Gasteiger partial charge in [0, 0.05) is 54.5 Å². The number of benzene rings is 1. The van der Waals surface area contributed by atoms with Crippen molar-refractivity contribution in [3.05, 3.63) is 52.2 Å². The van der Waals surface area contributed by atoms with E-state index in [1.807, 2.05) is 21.0 Å². The molecule has 1 aliphatic carbocycles. The number of furan rings is 1. The average Bonchev–Trinajstić information content (AvgIpc) is 2.94. The normalized spacial score (nSPS) is 20.4. The number of ether oxygens (including phenoxy) is 1. The molecule has 1 N–H and O–H groups in total. The highest BCUT2D eigenvalue weighted by atomic mass is 16.6. The molecule has 1 atom stereocenters. The average molecular weight is 380 g/mol. The number of anilines is 2. The Labute approximate surface area is 166 Å². The molecule has 28 heavy (non-hydrogen) atoms. The van der Waals surface area contributed by atoms with Crippen LogP contribution in [0.3, 0.4) is 0 Å². The number of Topliss-reactive ketones (excluding diaryl/α,β-unsaturated/α-hetero) is 1. The molecule has 0 spiro atoms. The van der Waals surface area contributed by atoms with Crippen LogP contribution in [0.15, 0.2) is 40.0 Å². The molecular weight excluding hydrogens is 352 g/mol. The Morgan fingerprint density at radius 1 is 1.18 bits per heavy atom. The number of nitrogens with zero attached hydrogens (tertiary/aromatic N) is 1. The summed E-state index contributed by atoms with van der Waals surface area (Å²) in [6.45, 7) is 6.27. The number of hydrogen-bond acceptors (Lipinski definition) is 5. The van der Waals surface area contributed by atoms with Crippen molar-refractivity contribution in [2.75, 3.05) is 31.4 Å². The van der Waals surface area contributed by atoms with E-state index in [0.717, 1.165) is 40.1 Å². The summed E-state index contributed by atoms with van der Waals surface area (Å²) in [5, 5.41) is 3.41. The Morgan fingerprint density at radius 2 is 1.86 bits per heavy atom. The minimum atomic E-state index is -0.140. The number of carbonyl (C=O) groups excluding carboxylic acids is 1. The summed E-state index contributed by atoms with van der Waals surface area (Å²) in [6.07, 6.45) is 1.38. The first kappa shape index (κ1) is 18.7. The molecule has 148 valence electrons. The third kappa shape index (κ3) is 2.89. The van der Waals surface area contributed by atoms with Crippen molar-refractivity contribution < 1.29 is 13.9 Å². The fourth-order valence-electron chi connectivity index (χ4n) is 4.50. The van der Waals surface area contributed by atoms with Crippen LogP contribution < -0.4 is 15.0 Å². The highest BCUT2D eigenvalue weighted by molar-refractivity contribution is 6.01. The molecule has 0 saturated carbocycles. The highest BCUT2D eigenvalue weighted by Crippen LogP contribution is 2.52. The molecule has 0 bridgehead atoms. The van der Waals surface area contributed by atoms with Gasteiger partial charge in [0.05, 0.1) is 7.11 Å². The van der Waals surface area contributed by atoms with Crippen molar-refractivity contribution in [1.82, 2.24) is 0 Å². The maximum absolute atomic E-state index is 13.2. The van der Waals surface area contributed by atoms with Gasteiger partial charge in [0.25, 0.3) is 5.95 Å². The number of rotatable bonds is 3. The van der Waals surface area contributed by atoms with Crippen LogP contribution in [0.1, 0.15) is 49.3 Å². The SMILES string of the molecule is COc1oc2c(c1C)C(c1ccc(N(C)C)cc1)C1=C(CC(C)(C)CC1=O)N2. The fourth-order valence-corrected chi connectivity index (χ4v) is 4.50. The van der Waals surface area contributed by atoms with Crippen LogP contribution in [0.25, 0.3) is 0 Å². The molecule has 2 heterocycles. The smallest absolute Gasteiger partial charge is 0.289 e. The Kier molecular flexibility index (Phi) is 4.29. The van der Waals surface area contributed by atoms with Gasteiger partial charge in [-0.15, -0.1) is 0 Å². The number of carbonyl (C=O) groups is 1. The van der Waals surface area contributed by atoms with Crippen LogP contribution in [-0.4, -0.2) is 27.0 Å². The quantitative estimate of drug-likeness (QED) is 0.824. The number of nitrogens with one attached hydrogen (secondary N) is 1. The Hall–Kier alpha value is -2.69. The minimum absolute atomic E-state index is 0.0640. The monoisotopic (exact) mass is 380 g/mol. The minimum Gasteiger partial charge on any atom is -0.468 e. The van der Waals surface area contributed by atoms with Crippen molar-refractivity contribution in [2.24, 2.45) is 5.41 Å². The lowest BCUT2D eigenvalue weighted by molar-refractivity contribution is -0.118. The first-order chi connectivity index (χ1) is 13.2. The number of fused-ring (bicyclic) bond motifs is 1. The number of hydrogen-bond donors (Lipinski definition) is 1. The topological polar surface area (TPSA) is 54.7 Å². The molecule has 1 unspecified atom stereocenters. The van der Waals surface area contributed by atoms with Crippen LogP contribution >= 0.6 is 0 Å². The molecule has 5 heteroatoms. The number of methoxy groups -OCH3 is 1. The van der Waals surface area contributed by atoms with E-state index in [1.54, 1.807) is 7.11 Å². The van der Waals surface area contributed by atoms with E-state index in [2.05, 4.69) is 48.3 Å². The Morgan fingerprint density at radius 3 is 2.46 bits per heavy atom. The summed E-state index contributed by atoms with van der Waals surface area (Å²) in [6, 6.07) is 8.43. The standard InChI is InChI=1S/C23H28N2O3/c1-13-18-19(14-7-9-15(10-8-14)25(4)5)20-16(11-23(2,3)12-17(20)26)24-21(18)28-22(13)27-6/h7-10,19,24H,11-12H2,1-6H3. The largest absolute Gasteiger partial charge is 0.468 e. The maximum Gasteiger partial charge on any atom is 0.289 e. The summed E-state index contributed by atoms with van der Waals surface area (Å²) in [7, 11) is 5.66. The fraction of sp³-hybridized carbons (Fsp3) is 0.435. The summed E-state index contributed by atoms with van der Waals surface area (Å²) in [4.78, 5) is 15.3. The van der Waals surface area contributed by atoms with Gasteiger partial charge in [-0.1, -0.05) is 26.0 Å². The molecule has 0 saturated heterocycles. The zero-order valence-corrected chi connectivity index (χ0v) is 17.5. The van der Waals surface area contributed by atoms with Crippen LogP contribution in [0, 0.1) is 12.3 Å². The molecule has 1 aromatic carbocycles. The summed E-state index contributed by atoms with van der Waals surface area (Å²) in [5.41, 5.74) is 5.95. The summed E-state index contributed by atoms with van der Waals surface area (Å²) >= 11 is 0. The lowest BCUT2D eigenvalue weighted by atomic mass is 9.69. The van der Waals surface area contributed by atoms with Crippen LogP contribution in [-0.2, 0) is 4.79 Å². The van der Waals surface area contributed by atoms with Gasteiger partial charge in [-0.2, -0.15) is 0 Å². The van der Waals surface area contributed by atoms with Crippen molar-refractivity contribution in [3.8, 4) is 5.95 Å². The Bertz CT molecular complexity index is 964. The van der Waals surface area contributed by atoms with Crippen molar-refractivity contribution in [2.45, 2.75) is 39.5 Å². The summed E-state index contributed by atoms with van der Waals surface area (Å²) in [5.74, 6) is 1.27. The van der Waals surface area contributed by atoms with Gasteiger partial charge in [0.2, 0.25) is 5.88 Å². The van der Waals surface area contributed by atoms with Crippen molar-refractivity contribution in [3.63, 3.8) is 0 Å². The molecule has 0 fully saturated rings. The maximum atomic E-state index is 13.2. The molecule has 2 aromatic rings. The van der Waals surface area contributed by atoms with Gasteiger partial charge in [0.1, 0.15) is 0 Å². The molecule has 0 amide bonds. The van der Waals surface area contributed by atoms with Gasteiger partial charge in [-0.05, 0) is 36.5 Å². The van der Waals surface area contributed by atoms with Gasteiger partial charge < -0.3 is 19.4 Å². The van der Waals surface area contributed by atoms with Crippen LogP contribution in [0.4, 0.5) is 11.6 Å². The molecule has 1 aromatic heterocycles. The van der Waals surface area contributed by atoms with E-state index in [1.165, 1.54) is 0 Å². The summed E-state index contributed by atoms with van der Waals surface area (Å²) < 4.78 is 11.4. The van der Waals surface area contributed by atoms with Gasteiger partial charge in [0.15, 0.2) is 5.78 Å². The van der Waals surface area contributed by atoms with E-state index in [9.17, 15) is 4.79 Å². The molecular formula is C23H28N2O3. The van der Waals surface area contributed by atoms with E-state index in [-0.39, 0.29) is 17.1 Å². The zero-order valence-electron chi connectivity index (χ0n) is 17.5. The van der Waals surface area contributed by atoms with Crippen molar-refractivity contribution in [1.29, 1.82) is 0 Å². The predicted octanol–water partition coefficient (Wildman–Crippen LogP) is 4.86. The third-order valence-electron chi connectivity index (χ3n) is 5.84. The lowest BCUT2D eigenvalue weighted by Gasteiger charge is -2.38. The van der Waals surface area contributed by atoms with E-state index in [4.69, 9.17) is 9.15 Å². The number of allylic oxidation sites excluding steroid dienone is 2. The van der Waals surface area contributed by atoms with Gasteiger partial charge in [-0.25, -0.2) is 0 Å². The first-order valence-corrected chi connectivity index (χ1v) is 9.69. The van der Waals surface area contributed by atoms with E-state index in [0.29, 0.717) is 18.3 Å². The zero-order chi connectivity index (χ0) is 20.2. The second-order valence-electron chi connectivity index (χ2n) is 8.84. The molecule has 5 nitrogen and oxygen atoms in total. The highest BCUT2D eigenvalue weighted by Gasteiger charge is 2.43. The molecule has 2 aliphatic rings. The molecule has 1 aliphatic heterocycles. The van der Waals surface area contributed by atoms with Crippen LogP contribution in [0.5, 0.6) is 5.95 Å². The van der Waals surface area contributed by atoms with Gasteiger partial charge >= 0.3 is 0 Å². The molecule has 0 radical (unpaired) electrons. The predicted molar refractivity (Wildman–Crippen MR) is 111 cm³/mol. The first-order valence-electron chi connectivity index (χ1n) is 9.69. The van der Waals surface area contributed by atoms with Crippen molar-refractivity contribution >= 4 is 17.4 Å². The van der Waals surface area contributed by atoms with Crippen LogP contribution in [0.2, 0.25) is 0 Å².